The summed E-state index contributed by atoms with van der Waals surface area (Å²) in [6.45, 7) is 3.67. The van der Waals surface area contributed by atoms with Crippen LogP contribution in [0.3, 0.4) is 0 Å². The molecule has 1 aromatic heterocycles. The number of hydrogen-bond acceptors (Lipinski definition) is 7. The van der Waals surface area contributed by atoms with Gasteiger partial charge in [0.25, 0.3) is 0 Å². The third kappa shape index (κ3) is 4.68. The van der Waals surface area contributed by atoms with Crippen molar-refractivity contribution in [3.05, 3.63) is 63.7 Å². The summed E-state index contributed by atoms with van der Waals surface area (Å²) in [7, 11) is 0. The molecule has 2 rings (SSSR count). The van der Waals surface area contributed by atoms with Crippen molar-refractivity contribution < 1.29 is 28.5 Å². The second-order valence-electron chi connectivity index (χ2n) is 4.97. The lowest BCUT2D eigenvalue weighted by Crippen LogP contribution is -2.22. The number of benzene rings is 1. The summed E-state index contributed by atoms with van der Waals surface area (Å²) < 4.78 is 20.7. The van der Waals surface area contributed by atoms with Gasteiger partial charge in [0.2, 0.25) is 23.2 Å². The third-order valence-electron chi connectivity index (χ3n) is 3.25. The van der Waals surface area contributed by atoms with Crippen LogP contribution in [0.1, 0.15) is 41.8 Å². The Labute approximate surface area is 144 Å². The molecule has 1 unspecified atom stereocenters. The molecule has 0 fully saturated rings. The smallest absolute Gasteiger partial charge is 0.345 e. The van der Waals surface area contributed by atoms with Crippen molar-refractivity contribution >= 4 is 5.97 Å². The molecule has 0 radical (unpaired) electrons. The number of carbonyl (C=O) groups excluding carboxylic acids is 1. The van der Waals surface area contributed by atoms with E-state index in [0.717, 1.165) is 11.8 Å². The molecule has 1 heterocycles. The summed E-state index contributed by atoms with van der Waals surface area (Å²) >= 11 is 0. The Bertz CT molecular complexity index is 752. The van der Waals surface area contributed by atoms with E-state index >= 15 is 0 Å². The van der Waals surface area contributed by atoms with Gasteiger partial charge >= 0.3 is 5.97 Å². The number of ether oxygens (including phenoxy) is 3. The standard InChI is InChI=1S/C18H20O7/c1-3-22-17(20)13-11-25-16(18(21)23-4-2)15(14(13)19)24-10-12-8-6-5-7-9-12/h5-9,11,18,21H,3-4,10H2,1-2H3. The highest BCUT2D eigenvalue weighted by atomic mass is 16.6. The summed E-state index contributed by atoms with van der Waals surface area (Å²) in [5, 5.41) is 10.0. The number of hydrogen-bond donors (Lipinski definition) is 1. The molecule has 1 N–H and O–H groups in total. The normalized spacial score (nSPS) is 11.8. The van der Waals surface area contributed by atoms with Crippen LogP contribution in [0.5, 0.6) is 5.75 Å². The predicted octanol–water partition coefficient (Wildman–Crippen LogP) is 2.42. The number of carbonyl (C=O) groups is 1. The van der Waals surface area contributed by atoms with Crippen LogP contribution in [0, 0.1) is 0 Å². The SMILES string of the molecule is CCOC(=O)c1coc(C(O)OCC)c(OCc2ccccc2)c1=O. The maximum Gasteiger partial charge on any atom is 0.345 e. The fourth-order valence-electron chi connectivity index (χ4n) is 2.08. The van der Waals surface area contributed by atoms with Crippen LogP contribution in [-0.2, 0) is 16.1 Å². The quantitative estimate of drug-likeness (QED) is 0.578. The Kier molecular flexibility index (Phi) is 6.73. The van der Waals surface area contributed by atoms with Gasteiger partial charge in [-0.1, -0.05) is 30.3 Å². The molecule has 7 heteroatoms. The lowest BCUT2D eigenvalue weighted by atomic mass is 10.2. The molecule has 134 valence electrons. The Morgan fingerprint density at radius 3 is 2.56 bits per heavy atom. The minimum absolute atomic E-state index is 0.0592. The van der Waals surface area contributed by atoms with Crippen molar-refractivity contribution in [1.29, 1.82) is 0 Å². The Hall–Kier alpha value is -2.64. The minimum atomic E-state index is -1.49. The van der Waals surface area contributed by atoms with E-state index in [-0.39, 0.29) is 36.9 Å². The van der Waals surface area contributed by atoms with Gasteiger partial charge in [-0.25, -0.2) is 4.79 Å². The largest absolute Gasteiger partial charge is 0.481 e. The van der Waals surface area contributed by atoms with Crippen molar-refractivity contribution in [1.82, 2.24) is 0 Å². The maximum atomic E-state index is 12.6. The molecule has 0 aliphatic heterocycles. The van der Waals surface area contributed by atoms with Gasteiger partial charge in [-0.2, -0.15) is 0 Å². The maximum absolute atomic E-state index is 12.6. The number of esters is 1. The first-order valence-electron chi connectivity index (χ1n) is 7.87. The van der Waals surface area contributed by atoms with Crippen LogP contribution in [0.2, 0.25) is 0 Å². The van der Waals surface area contributed by atoms with Crippen molar-refractivity contribution in [3.8, 4) is 5.75 Å². The van der Waals surface area contributed by atoms with Gasteiger partial charge in [0.15, 0.2) is 0 Å². The Balaban J connectivity index is 2.38. The van der Waals surface area contributed by atoms with E-state index in [1.54, 1.807) is 13.8 Å². The van der Waals surface area contributed by atoms with E-state index < -0.39 is 17.7 Å². The fourth-order valence-corrected chi connectivity index (χ4v) is 2.08. The molecule has 0 amide bonds. The third-order valence-corrected chi connectivity index (χ3v) is 3.25. The van der Waals surface area contributed by atoms with Crippen LogP contribution in [0.15, 0.2) is 45.8 Å². The molecule has 0 saturated heterocycles. The van der Waals surface area contributed by atoms with E-state index in [0.29, 0.717) is 0 Å². The van der Waals surface area contributed by atoms with Gasteiger partial charge in [-0.3, -0.25) is 4.79 Å². The molecular weight excluding hydrogens is 328 g/mol. The van der Waals surface area contributed by atoms with Gasteiger partial charge in [-0.05, 0) is 19.4 Å². The van der Waals surface area contributed by atoms with E-state index in [2.05, 4.69) is 0 Å². The molecule has 25 heavy (non-hydrogen) atoms. The Morgan fingerprint density at radius 1 is 1.20 bits per heavy atom. The van der Waals surface area contributed by atoms with Crippen LogP contribution < -0.4 is 10.2 Å². The Morgan fingerprint density at radius 2 is 1.92 bits per heavy atom. The first kappa shape index (κ1) is 18.7. The number of aliphatic hydroxyl groups is 1. The first-order chi connectivity index (χ1) is 12.1. The lowest BCUT2D eigenvalue weighted by molar-refractivity contribution is -0.113. The molecule has 0 spiro atoms. The average molecular weight is 348 g/mol. The monoisotopic (exact) mass is 348 g/mol. The molecule has 1 aromatic carbocycles. The van der Waals surface area contributed by atoms with Crippen LogP contribution in [0.25, 0.3) is 0 Å². The van der Waals surface area contributed by atoms with Crippen LogP contribution in [0.4, 0.5) is 0 Å². The predicted molar refractivity (Wildman–Crippen MR) is 88.3 cm³/mol. The first-order valence-corrected chi connectivity index (χ1v) is 7.87. The van der Waals surface area contributed by atoms with E-state index in [1.807, 2.05) is 30.3 Å². The van der Waals surface area contributed by atoms with E-state index in [4.69, 9.17) is 18.6 Å². The molecule has 0 aliphatic rings. The van der Waals surface area contributed by atoms with Gasteiger partial charge in [0.1, 0.15) is 18.4 Å². The second kappa shape index (κ2) is 9.00. The molecule has 0 aliphatic carbocycles. The molecule has 7 nitrogen and oxygen atoms in total. The highest BCUT2D eigenvalue weighted by molar-refractivity contribution is 5.89. The number of aliphatic hydroxyl groups excluding tert-OH is 1. The van der Waals surface area contributed by atoms with Crippen molar-refractivity contribution in [2.24, 2.45) is 0 Å². The summed E-state index contributed by atoms with van der Waals surface area (Å²) in [6.07, 6.45) is -0.549. The second-order valence-corrected chi connectivity index (χ2v) is 4.97. The molecule has 0 bridgehead atoms. The van der Waals surface area contributed by atoms with Gasteiger partial charge in [0, 0.05) is 6.61 Å². The molecule has 1 atom stereocenters. The van der Waals surface area contributed by atoms with Gasteiger partial charge < -0.3 is 23.7 Å². The lowest BCUT2D eigenvalue weighted by Gasteiger charge is -2.15. The zero-order valence-electron chi connectivity index (χ0n) is 14.1. The van der Waals surface area contributed by atoms with Crippen LogP contribution >= 0.6 is 0 Å². The van der Waals surface area contributed by atoms with E-state index in [9.17, 15) is 14.7 Å². The topological polar surface area (TPSA) is 95.2 Å². The number of rotatable bonds is 8. The van der Waals surface area contributed by atoms with E-state index in [1.165, 1.54) is 0 Å². The molecule has 2 aromatic rings. The summed E-state index contributed by atoms with van der Waals surface area (Å²) in [5.74, 6) is -1.30. The fraction of sp³-hybridized carbons (Fsp3) is 0.333. The van der Waals surface area contributed by atoms with Gasteiger partial charge in [-0.15, -0.1) is 0 Å². The van der Waals surface area contributed by atoms with Crippen LogP contribution in [-0.4, -0.2) is 24.3 Å². The summed E-state index contributed by atoms with van der Waals surface area (Å²) in [5.41, 5.74) is -0.230. The average Bonchev–Trinajstić information content (AvgIpc) is 2.61. The zero-order chi connectivity index (χ0) is 18.2. The summed E-state index contributed by atoms with van der Waals surface area (Å²) in [4.78, 5) is 24.5. The highest BCUT2D eigenvalue weighted by Gasteiger charge is 2.25. The minimum Gasteiger partial charge on any atom is -0.481 e. The van der Waals surface area contributed by atoms with Crippen molar-refractivity contribution in [2.75, 3.05) is 13.2 Å². The zero-order valence-corrected chi connectivity index (χ0v) is 14.1. The van der Waals surface area contributed by atoms with Gasteiger partial charge in [0.05, 0.1) is 6.61 Å². The molecule has 0 saturated carbocycles. The van der Waals surface area contributed by atoms with Crippen molar-refractivity contribution in [3.63, 3.8) is 0 Å². The molecular formula is C18H20O7. The summed E-state index contributed by atoms with van der Waals surface area (Å²) in [6, 6.07) is 9.13. The highest BCUT2D eigenvalue weighted by Crippen LogP contribution is 2.24. The van der Waals surface area contributed by atoms with Crippen molar-refractivity contribution in [2.45, 2.75) is 26.7 Å².